The summed E-state index contributed by atoms with van der Waals surface area (Å²) in [5.74, 6) is -0.441. The van der Waals surface area contributed by atoms with Gasteiger partial charge in [-0.2, -0.15) is 5.10 Å². The van der Waals surface area contributed by atoms with Gasteiger partial charge in [0.2, 0.25) is 0 Å². The number of nitrogens with two attached hydrogens (primary N) is 1. The summed E-state index contributed by atoms with van der Waals surface area (Å²) < 4.78 is 14.0. The molecule has 3 rings (SSSR count). The zero-order valence-corrected chi connectivity index (χ0v) is 17.3. The highest BCUT2D eigenvalue weighted by Gasteiger charge is 2.14. The lowest BCUT2D eigenvalue weighted by molar-refractivity contribution is 0.0956. The maximum absolute atomic E-state index is 14.0. The van der Waals surface area contributed by atoms with Gasteiger partial charge >= 0.3 is 0 Å². The van der Waals surface area contributed by atoms with Gasteiger partial charge in [-0.25, -0.2) is 4.39 Å². The highest BCUT2D eigenvalue weighted by molar-refractivity contribution is 5.96. The monoisotopic (exact) mass is 404 g/mol. The smallest absolute Gasteiger partial charge is 0.251 e. The van der Waals surface area contributed by atoms with Crippen molar-refractivity contribution in [3.05, 3.63) is 82.3 Å². The fourth-order valence-electron chi connectivity index (χ4n) is 3.21. The number of nitrogens with one attached hydrogen (secondary N) is 2. The van der Waals surface area contributed by atoms with Gasteiger partial charge in [0.1, 0.15) is 5.82 Å². The van der Waals surface area contributed by atoms with Gasteiger partial charge in [0.15, 0.2) is 0 Å². The summed E-state index contributed by atoms with van der Waals surface area (Å²) in [6, 6.07) is 10.4. The molecule has 0 aliphatic rings. The van der Waals surface area contributed by atoms with Crippen molar-refractivity contribution in [2.24, 2.45) is 5.73 Å². The van der Waals surface area contributed by atoms with E-state index in [1.807, 2.05) is 26.0 Å². The zero-order valence-electron chi connectivity index (χ0n) is 17.3. The zero-order chi connectivity index (χ0) is 21.8. The number of hydrogen-bond donors (Lipinski definition) is 3. The van der Waals surface area contributed by atoms with E-state index in [2.05, 4.69) is 22.1 Å². The molecule has 30 heavy (non-hydrogen) atoms. The average Bonchev–Trinajstić information content (AvgIpc) is 3.12. The van der Waals surface area contributed by atoms with Gasteiger partial charge in [-0.1, -0.05) is 30.9 Å². The standard InChI is InChI=1S/C24H25FN4O/c1-5-18-22(28-29-23(18)16-9-8-15(4)20(25)12-16)13-21(26)19-11-17(10-7-14(19)3)24(30)27-6-2/h5,7-13H,1,6,26H2,2-4H3,(H,27,30)(H,28,29)/b21-13-. The number of amides is 1. The van der Waals surface area contributed by atoms with E-state index >= 15 is 0 Å². The fraction of sp³-hybridized carbons (Fsp3) is 0.167. The second-order valence-corrected chi connectivity index (χ2v) is 7.06. The second-order valence-electron chi connectivity index (χ2n) is 7.06. The molecule has 154 valence electrons. The Bertz CT molecular complexity index is 1140. The van der Waals surface area contributed by atoms with Crippen LogP contribution in [-0.4, -0.2) is 22.6 Å². The Morgan fingerprint density at radius 1 is 1.23 bits per heavy atom. The van der Waals surface area contributed by atoms with Crippen molar-refractivity contribution in [1.82, 2.24) is 15.5 Å². The van der Waals surface area contributed by atoms with Crippen LogP contribution in [-0.2, 0) is 0 Å². The number of aromatic amines is 1. The first-order valence-corrected chi connectivity index (χ1v) is 9.69. The Kier molecular flexibility index (Phi) is 6.16. The largest absolute Gasteiger partial charge is 0.398 e. The Balaban J connectivity index is 2.02. The topological polar surface area (TPSA) is 83.8 Å². The third-order valence-electron chi connectivity index (χ3n) is 4.93. The number of rotatable bonds is 6. The van der Waals surface area contributed by atoms with E-state index in [0.29, 0.717) is 40.3 Å². The molecule has 4 N–H and O–H groups in total. The number of H-pyrrole nitrogens is 1. The van der Waals surface area contributed by atoms with Crippen LogP contribution in [0.1, 0.15) is 45.2 Å². The van der Waals surface area contributed by atoms with Crippen molar-refractivity contribution in [1.29, 1.82) is 0 Å². The molecule has 0 aliphatic heterocycles. The molecule has 0 bridgehead atoms. The molecule has 5 nitrogen and oxygen atoms in total. The fourth-order valence-corrected chi connectivity index (χ4v) is 3.21. The molecule has 6 heteroatoms. The number of aryl methyl sites for hydroxylation is 2. The van der Waals surface area contributed by atoms with E-state index in [-0.39, 0.29) is 11.7 Å². The Labute approximate surface area is 175 Å². The summed E-state index contributed by atoms with van der Waals surface area (Å²) in [6.07, 6.45) is 3.41. The van der Waals surface area contributed by atoms with Crippen LogP contribution in [0, 0.1) is 19.7 Å². The Hall–Kier alpha value is -3.67. The summed E-state index contributed by atoms with van der Waals surface area (Å²) >= 11 is 0. The number of aromatic nitrogens is 2. The van der Waals surface area contributed by atoms with Crippen LogP contribution >= 0.6 is 0 Å². The Morgan fingerprint density at radius 2 is 1.97 bits per heavy atom. The van der Waals surface area contributed by atoms with Crippen LogP contribution < -0.4 is 11.1 Å². The summed E-state index contributed by atoms with van der Waals surface area (Å²) in [4.78, 5) is 12.2. The molecule has 1 aromatic heterocycles. The molecule has 1 amide bonds. The van der Waals surface area contributed by atoms with Gasteiger partial charge in [0, 0.05) is 34.5 Å². The van der Waals surface area contributed by atoms with Crippen molar-refractivity contribution in [3.8, 4) is 11.3 Å². The van der Waals surface area contributed by atoms with Crippen LogP contribution in [0.3, 0.4) is 0 Å². The van der Waals surface area contributed by atoms with E-state index in [9.17, 15) is 9.18 Å². The molecule has 2 aromatic carbocycles. The molecule has 0 fully saturated rings. The number of nitrogens with zero attached hydrogens (tertiary/aromatic N) is 1. The molecule has 0 unspecified atom stereocenters. The van der Waals surface area contributed by atoms with Crippen molar-refractivity contribution in [2.45, 2.75) is 20.8 Å². The van der Waals surface area contributed by atoms with E-state index in [1.54, 1.807) is 37.3 Å². The highest BCUT2D eigenvalue weighted by atomic mass is 19.1. The summed E-state index contributed by atoms with van der Waals surface area (Å²) in [6.45, 7) is 9.93. The Morgan fingerprint density at radius 3 is 2.63 bits per heavy atom. The number of carbonyl (C=O) groups is 1. The summed E-state index contributed by atoms with van der Waals surface area (Å²) in [7, 11) is 0. The van der Waals surface area contributed by atoms with Crippen molar-refractivity contribution >= 4 is 23.8 Å². The minimum Gasteiger partial charge on any atom is -0.398 e. The van der Waals surface area contributed by atoms with Crippen LogP contribution in [0.4, 0.5) is 4.39 Å². The maximum atomic E-state index is 14.0. The van der Waals surface area contributed by atoms with Gasteiger partial charge in [-0.05, 0) is 56.2 Å². The second kappa shape index (κ2) is 8.78. The number of hydrogen-bond acceptors (Lipinski definition) is 3. The third kappa shape index (κ3) is 4.17. The van der Waals surface area contributed by atoms with Crippen LogP contribution in [0.5, 0.6) is 0 Å². The van der Waals surface area contributed by atoms with Gasteiger partial charge in [-0.3, -0.25) is 9.89 Å². The molecule has 0 spiro atoms. The maximum Gasteiger partial charge on any atom is 0.251 e. The summed E-state index contributed by atoms with van der Waals surface area (Å²) in [5, 5.41) is 10.1. The van der Waals surface area contributed by atoms with E-state index in [1.165, 1.54) is 6.07 Å². The first-order chi connectivity index (χ1) is 14.3. The molecule has 0 aliphatic carbocycles. The minimum absolute atomic E-state index is 0.149. The molecular weight excluding hydrogens is 379 g/mol. The van der Waals surface area contributed by atoms with Crippen LogP contribution in [0.15, 0.2) is 43.0 Å². The SMILES string of the molecule is C=Cc1c(-c2ccc(C)c(F)c2)n[nH]c1/C=C(\N)c1cc(C(=O)NCC)ccc1C. The van der Waals surface area contributed by atoms with Gasteiger partial charge in [0.25, 0.3) is 5.91 Å². The van der Waals surface area contributed by atoms with Gasteiger partial charge in [0.05, 0.1) is 11.4 Å². The molecule has 3 aromatic rings. The van der Waals surface area contributed by atoms with Crippen molar-refractivity contribution in [3.63, 3.8) is 0 Å². The number of benzene rings is 2. The van der Waals surface area contributed by atoms with Crippen LogP contribution in [0.25, 0.3) is 29.1 Å². The number of carbonyl (C=O) groups excluding carboxylic acids is 1. The molecular formula is C24H25FN4O. The average molecular weight is 404 g/mol. The molecule has 0 saturated carbocycles. The molecule has 0 atom stereocenters. The quantitative estimate of drug-likeness (QED) is 0.558. The summed E-state index contributed by atoms with van der Waals surface area (Å²) in [5.41, 5.74) is 12.3. The third-order valence-corrected chi connectivity index (χ3v) is 4.93. The first-order valence-electron chi connectivity index (χ1n) is 9.69. The lowest BCUT2D eigenvalue weighted by atomic mass is 10.00. The van der Waals surface area contributed by atoms with Crippen molar-refractivity contribution < 1.29 is 9.18 Å². The number of halogens is 1. The molecule has 1 heterocycles. The van der Waals surface area contributed by atoms with E-state index in [4.69, 9.17) is 5.73 Å². The predicted molar refractivity (Wildman–Crippen MR) is 120 cm³/mol. The highest BCUT2D eigenvalue weighted by Crippen LogP contribution is 2.28. The predicted octanol–water partition coefficient (Wildman–Crippen LogP) is 4.68. The molecule has 0 saturated heterocycles. The van der Waals surface area contributed by atoms with Crippen LogP contribution in [0.2, 0.25) is 0 Å². The lowest BCUT2D eigenvalue weighted by Crippen LogP contribution is -2.22. The normalized spacial score (nSPS) is 11.4. The first kappa shape index (κ1) is 21.0. The van der Waals surface area contributed by atoms with E-state index in [0.717, 1.165) is 16.7 Å². The lowest BCUT2D eigenvalue weighted by Gasteiger charge is -2.09. The molecule has 0 radical (unpaired) electrons. The van der Waals surface area contributed by atoms with Gasteiger partial charge in [-0.15, -0.1) is 0 Å². The minimum atomic E-state index is -0.292. The van der Waals surface area contributed by atoms with E-state index < -0.39 is 0 Å². The van der Waals surface area contributed by atoms with Gasteiger partial charge < -0.3 is 11.1 Å². The van der Waals surface area contributed by atoms with Crippen molar-refractivity contribution in [2.75, 3.05) is 6.54 Å².